The highest BCUT2D eigenvalue weighted by Crippen LogP contribution is 2.45. The Morgan fingerprint density at radius 1 is 0.361 bits per heavy atom. The Morgan fingerprint density at radius 2 is 0.629 bits per heavy atom. The zero-order valence-corrected chi connectivity index (χ0v) is 56.8. The number of rotatable bonds is 23. The van der Waals surface area contributed by atoms with Crippen molar-refractivity contribution in [3.63, 3.8) is 0 Å². The number of esters is 5. The molecule has 9 atom stereocenters. The maximum absolute atomic E-state index is 15.1. The number of aliphatic hydroxyl groups is 1. The third-order valence-electron chi connectivity index (χ3n) is 17.6. The van der Waals surface area contributed by atoms with Crippen molar-refractivity contribution in [1.29, 1.82) is 0 Å². The topological polar surface area (TPSA) is 198 Å². The molecule has 18 heteroatoms. The van der Waals surface area contributed by atoms with Crippen molar-refractivity contribution in [1.82, 2.24) is 0 Å². The SMILES string of the molecule is CC(C)(C)[Si](OC[C@H]1O[C@@](CO)(O[C@H]2O[C@H](CO[Si](c3ccccc3)(c3ccccc3)C(C)(C)C)[C@@H](OC(=O)c3ccccc3)[C@H](OC(=O)c3ccccc3)[C@H]2OC(=O)c2ccccc2)[C@@H](OC(=O)c2ccccc2)[C@@H]1OC(=O)c1ccccc1)(c1ccccc1)c1ccccc1. The Bertz CT molecular complexity index is 3980. The molecule has 1 N–H and O–H groups in total. The van der Waals surface area contributed by atoms with Gasteiger partial charge < -0.3 is 51.9 Å². The fourth-order valence-electron chi connectivity index (χ4n) is 13.0. The van der Waals surface area contributed by atoms with Crippen molar-refractivity contribution in [3.8, 4) is 0 Å². The molecule has 9 aromatic rings. The second-order valence-corrected chi connectivity index (χ2v) is 34.5. The third kappa shape index (κ3) is 14.9. The maximum atomic E-state index is 15.1. The summed E-state index contributed by atoms with van der Waals surface area (Å²) < 4.78 is 70.0. The monoisotopic (exact) mass is 1340 g/mol. The molecule has 0 aliphatic carbocycles. The molecule has 97 heavy (non-hydrogen) atoms. The van der Waals surface area contributed by atoms with Crippen LogP contribution in [0.1, 0.15) is 93.3 Å². The van der Waals surface area contributed by atoms with E-state index < -0.39 is 125 Å². The molecule has 9 aromatic carbocycles. The van der Waals surface area contributed by atoms with Crippen LogP contribution < -0.4 is 20.7 Å². The summed E-state index contributed by atoms with van der Waals surface area (Å²) in [4.78, 5) is 74.9. The van der Waals surface area contributed by atoms with Gasteiger partial charge in [-0.05, 0) is 91.5 Å². The largest absolute Gasteiger partial charge is 0.452 e. The minimum Gasteiger partial charge on any atom is -0.452 e. The highest BCUT2D eigenvalue weighted by molar-refractivity contribution is 7.00. The zero-order valence-electron chi connectivity index (χ0n) is 54.8. The van der Waals surface area contributed by atoms with E-state index in [0.29, 0.717) is 0 Å². The van der Waals surface area contributed by atoms with Crippen LogP contribution in [-0.4, -0.2) is 126 Å². The standard InChI is InChI=1S/C79H78O16Si2/c1-77(2,3)96(60-44-26-12-27-45-60,61-46-28-13-29-47-61)86-52-64-66(89-71(81)55-34-16-7-17-35-55)68(91-73(83)57-38-20-9-21-39-57)69(92-74(84)58-40-22-10-23-41-58)76(88-64)95-79(54-80)70(93-75(85)59-42-24-11-25-43-59)67(90-72(82)56-36-18-8-19-37-56)65(94-79)53-87-97(78(4,5)6,62-48-30-14-31-49-62)63-50-32-15-33-51-63/h7-51,64-70,76,80H,52-54H2,1-6H3/t64-,65-,66-,67-,68+,69-,70+,76-,79+/m1/s1. The van der Waals surface area contributed by atoms with E-state index in [4.69, 9.17) is 46.7 Å². The zero-order chi connectivity index (χ0) is 68.2. The predicted octanol–water partition coefficient (Wildman–Crippen LogP) is 11.1. The van der Waals surface area contributed by atoms with Gasteiger partial charge >= 0.3 is 29.8 Å². The molecule has 0 unspecified atom stereocenters. The van der Waals surface area contributed by atoms with Gasteiger partial charge in [-0.1, -0.05) is 254 Å². The van der Waals surface area contributed by atoms with Crippen LogP contribution in [0.15, 0.2) is 273 Å². The van der Waals surface area contributed by atoms with Crippen LogP contribution >= 0.6 is 0 Å². The molecule has 2 saturated heterocycles. The number of aliphatic hydroxyl groups excluding tert-OH is 1. The Morgan fingerprint density at radius 3 is 0.938 bits per heavy atom. The number of carbonyl (C=O) groups excluding carboxylic acids is 5. The van der Waals surface area contributed by atoms with E-state index in [0.717, 1.165) is 20.7 Å². The average Bonchev–Trinajstić information content (AvgIpc) is 1.73. The number of benzene rings is 9. The van der Waals surface area contributed by atoms with Gasteiger partial charge in [0.05, 0.1) is 41.0 Å². The van der Waals surface area contributed by atoms with E-state index in [1.807, 2.05) is 121 Å². The number of hydrogen-bond donors (Lipinski definition) is 1. The highest BCUT2D eigenvalue weighted by atomic mass is 28.4. The molecule has 16 nitrogen and oxygen atoms in total. The molecular weight excluding hydrogens is 1260 g/mol. The van der Waals surface area contributed by atoms with Gasteiger partial charge in [0.2, 0.25) is 12.1 Å². The Hall–Kier alpha value is -9.48. The van der Waals surface area contributed by atoms with Crippen molar-refractivity contribution >= 4 is 67.2 Å². The molecule has 0 radical (unpaired) electrons. The van der Waals surface area contributed by atoms with E-state index in [2.05, 4.69) is 41.5 Å². The highest BCUT2D eigenvalue weighted by Gasteiger charge is 2.66. The van der Waals surface area contributed by atoms with Crippen molar-refractivity contribution in [2.45, 2.75) is 106 Å². The van der Waals surface area contributed by atoms with E-state index in [1.54, 1.807) is 115 Å². The summed E-state index contributed by atoms with van der Waals surface area (Å²) >= 11 is 0. The van der Waals surface area contributed by atoms with Crippen molar-refractivity contribution in [3.05, 3.63) is 301 Å². The van der Waals surface area contributed by atoms with Gasteiger partial charge in [0, 0.05) is 0 Å². The lowest BCUT2D eigenvalue weighted by atomic mass is 9.97. The fourth-order valence-corrected chi connectivity index (χ4v) is 22.1. The van der Waals surface area contributed by atoms with Crippen molar-refractivity contribution in [2.75, 3.05) is 19.8 Å². The molecule has 2 aliphatic heterocycles. The first kappa shape index (κ1) is 68.9. The molecule has 0 spiro atoms. The fraction of sp³-hybridized carbons (Fsp3) is 0.253. The summed E-state index contributed by atoms with van der Waals surface area (Å²) in [6.45, 7) is 10.5. The van der Waals surface area contributed by atoms with Crippen LogP contribution in [0, 0.1) is 0 Å². The van der Waals surface area contributed by atoms with Crippen LogP contribution in [-0.2, 0) is 46.7 Å². The number of hydrogen-bond acceptors (Lipinski definition) is 16. The van der Waals surface area contributed by atoms with Crippen molar-refractivity contribution < 1.29 is 75.8 Å². The van der Waals surface area contributed by atoms with Gasteiger partial charge in [0.25, 0.3) is 16.6 Å². The van der Waals surface area contributed by atoms with E-state index >= 15 is 14.4 Å². The van der Waals surface area contributed by atoms with Crippen LogP contribution in [0.4, 0.5) is 0 Å². The lowest BCUT2D eigenvalue weighted by Gasteiger charge is -2.48. The molecule has 0 saturated carbocycles. The molecule has 2 aliphatic rings. The van der Waals surface area contributed by atoms with Crippen LogP contribution in [0.5, 0.6) is 0 Å². The summed E-state index contributed by atoms with van der Waals surface area (Å²) in [5.74, 6) is -7.28. The van der Waals surface area contributed by atoms with E-state index in [9.17, 15) is 14.7 Å². The second kappa shape index (κ2) is 30.3. The number of carbonyl (C=O) groups is 5. The Kier molecular flexibility index (Phi) is 21.5. The Balaban J connectivity index is 1.12. The molecule has 0 bridgehead atoms. The van der Waals surface area contributed by atoms with Crippen LogP contribution in [0.25, 0.3) is 0 Å². The second-order valence-electron chi connectivity index (χ2n) is 25.9. The molecule has 2 heterocycles. The van der Waals surface area contributed by atoms with Crippen molar-refractivity contribution in [2.24, 2.45) is 0 Å². The third-order valence-corrected chi connectivity index (χ3v) is 27.6. The Labute approximate surface area is 567 Å². The molecule has 0 amide bonds. The first-order chi connectivity index (χ1) is 46.9. The smallest absolute Gasteiger partial charge is 0.338 e. The summed E-state index contributed by atoms with van der Waals surface area (Å²) in [6.07, 6.45) is -14.3. The summed E-state index contributed by atoms with van der Waals surface area (Å²) in [5, 5.41) is 14.9. The molecule has 2 fully saturated rings. The van der Waals surface area contributed by atoms with Gasteiger partial charge in [-0.25, -0.2) is 24.0 Å². The maximum Gasteiger partial charge on any atom is 0.338 e. The minimum atomic E-state index is -3.59. The van der Waals surface area contributed by atoms with Gasteiger partial charge in [0.1, 0.15) is 18.8 Å². The normalized spacial score (nSPS) is 21.1. The summed E-state index contributed by atoms with van der Waals surface area (Å²) in [5.41, 5.74) is 0.410. The first-order valence-electron chi connectivity index (χ1n) is 32.3. The van der Waals surface area contributed by atoms with Gasteiger partial charge in [-0.2, -0.15) is 0 Å². The van der Waals surface area contributed by atoms with Crippen LogP contribution in [0.2, 0.25) is 10.1 Å². The lowest BCUT2D eigenvalue weighted by molar-refractivity contribution is -0.381. The first-order valence-corrected chi connectivity index (χ1v) is 36.1. The molecule has 0 aromatic heterocycles. The lowest BCUT2D eigenvalue weighted by Crippen LogP contribution is -2.69. The molecular formula is C79H78O16Si2. The van der Waals surface area contributed by atoms with Crippen LogP contribution in [0.3, 0.4) is 0 Å². The number of ether oxygens (including phenoxy) is 8. The summed E-state index contributed by atoms with van der Waals surface area (Å²) in [7, 11) is -7.11. The van der Waals surface area contributed by atoms with Gasteiger partial charge in [0.15, 0.2) is 30.5 Å². The van der Waals surface area contributed by atoms with Gasteiger partial charge in [-0.15, -0.1) is 0 Å². The molecule has 11 rings (SSSR count). The average molecular weight is 1340 g/mol. The predicted molar refractivity (Wildman–Crippen MR) is 370 cm³/mol. The van der Waals surface area contributed by atoms with E-state index in [-0.39, 0.29) is 34.4 Å². The van der Waals surface area contributed by atoms with Gasteiger partial charge in [-0.3, -0.25) is 0 Å². The summed E-state index contributed by atoms with van der Waals surface area (Å²) in [6, 6.07) is 79.6. The quantitative estimate of drug-likeness (QED) is 0.0360. The van der Waals surface area contributed by atoms with E-state index in [1.165, 1.54) is 36.4 Å². The minimum absolute atomic E-state index is 0.0430. The molecule has 498 valence electrons.